The van der Waals surface area contributed by atoms with Gasteiger partial charge >= 0.3 is 0 Å². The highest BCUT2D eigenvalue weighted by atomic mass is 16.5. The zero-order valence-electron chi connectivity index (χ0n) is 16.9. The molecule has 0 bridgehead atoms. The van der Waals surface area contributed by atoms with Crippen LogP contribution in [0.4, 0.5) is 5.82 Å². The van der Waals surface area contributed by atoms with E-state index >= 15 is 0 Å². The molecule has 150 valence electrons. The molecular weight excluding hydrogens is 364 g/mol. The van der Waals surface area contributed by atoms with Crippen molar-refractivity contribution in [3.8, 4) is 17.0 Å². The van der Waals surface area contributed by atoms with Crippen LogP contribution in [0.25, 0.3) is 11.3 Å². The smallest absolute Gasteiger partial charge is 0.254 e. The lowest BCUT2D eigenvalue weighted by Crippen LogP contribution is -2.35. The predicted molar refractivity (Wildman–Crippen MR) is 114 cm³/mol. The second-order valence-corrected chi connectivity index (χ2v) is 7.32. The molecule has 6 heteroatoms. The third kappa shape index (κ3) is 4.11. The third-order valence-electron chi connectivity index (χ3n) is 5.42. The van der Waals surface area contributed by atoms with Gasteiger partial charge in [-0.25, -0.2) is 0 Å². The molecule has 1 aliphatic heterocycles. The lowest BCUT2D eigenvalue weighted by molar-refractivity contribution is 0.0766. The Kier molecular flexibility index (Phi) is 5.51. The number of benzene rings is 2. The van der Waals surface area contributed by atoms with Gasteiger partial charge in [0.05, 0.1) is 12.8 Å². The lowest BCUT2D eigenvalue weighted by Gasteiger charge is -2.22. The second kappa shape index (κ2) is 8.39. The Labute approximate surface area is 171 Å². The summed E-state index contributed by atoms with van der Waals surface area (Å²) in [7, 11) is 1.64. The largest absolute Gasteiger partial charge is 0.497 e. The van der Waals surface area contributed by atoms with Crippen molar-refractivity contribution in [2.45, 2.75) is 13.3 Å². The van der Waals surface area contributed by atoms with E-state index in [-0.39, 0.29) is 5.91 Å². The Morgan fingerprint density at radius 3 is 2.62 bits per heavy atom. The van der Waals surface area contributed by atoms with Gasteiger partial charge in [0.2, 0.25) is 0 Å². The van der Waals surface area contributed by atoms with Crippen molar-refractivity contribution in [1.82, 2.24) is 15.1 Å². The third-order valence-corrected chi connectivity index (χ3v) is 5.42. The van der Waals surface area contributed by atoms with Crippen LogP contribution >= 0.6 is 0 Å². The number of H-pyrrole nitrogens is 1. The number of anilines is 1. The Morgan fingerprint density at radius 1 is 1.03 bits per heavy atom. The monoisotopic (exact) mass is 390 g/mol. The van der Waals surface area contributed by atoms with Gasteiger partial charge in [-0.1, -0.05) is 30.3 Å². The van der Waals surface area contributed by atoms with Crippen molar-refractivity contribution in [2.24, 2.45) is 0 Å². The molecule has 1 aliphatic rings. The Balaban J connectivity index is 1.44. The van der Waals surface area contributed by atoms with Crippen LogP contribution in [-0.4, -0.2) is 54.3 Å². The van der Waals surface area contributed by atoms with Gasteiger partial charge in [0, 0.05) is 37.8 Å². The molecule has 0 saturated carbocycles. The van der Waals surface area contributed by atoms with E-state index in [1.54, 1.807) is 7.11 Å². The Hall–Kier alpha value is -3.28. The van der Waals surface area contributed by atoms with Crippen LogP contribution in [0, 0.1) is 6.92 Å². The first-order valence-electron chi connectivity index (χ1n) is 9.95. The van der Waals surface area contributed by atoms with Crippen molar-refractivity contribution >= 4 is 11.7 Å². The van der Waals surface area contributed by atoms with E-state index < -0.39 is 0 Å². The summed E-state index contributed by atoms with van der Waals surface area (Å²) in [5.41, 5.74) is 3.81. The number of aromatic nitrogens is 2. The highest BCUT2D eigenvalue weighted by Gasteiger charge is 2.23. The van der Waals surface area contributed by atoms with Crippen LogP contribution in [0.5, 0.6) is 5.75 Å². The number of hydrogen-bond donors (Lipinski definition) is 1. The molecule has 1 fully saturated rings. The molecule has 0 unspecified atom stereocenters. The normalized spacial score (nSPS) is 14.6. The molecular formula is C23H26N4O2. The molecule has 1 saturated heterocycles. The summed E-state index contributed by atoms with van der Waals surface area (Å²) in [6.07, 6.45) is 0.911. The molecule has 4 rings (SSSR count). The van der Waals surface area contributed by atoms with E-state index in [9.17, 15) is 4.79 Å². The molecule has 2 heterocycles. The van der Waals surface area contributed by atoms with Gasteiger partial charge in [0.25, 0.3) is 5.91 Å². The number of rotatable bonds is 4. The Bertz CT molecular complexity index is 984. The molecule has 0 atom stereocenters. The van der Waals surface area contributed by atoms with E-state index in [1.165, 1.54) is 0 Å². The van der Waals surface area contributed by atoms with Crippen LogP contribution in [0.3, 0.4) is 0 Å². The van der Waals surface area contributed by atoms with Gasteiger partial charge in [0.1, 0.15) is 5.75 Å². The molecule has 1 amide bonds. The fourth-order valence-electron chi connectivity index (χ4n) is 3.76. The summed E-state index contributed by atoms with van der Waals surface area (Å²) >= 11 is 0. The molecule has 1 N–H and O–H groups in total. The SMILES string of the molecule is COc1ccc(C(=O)N2CCCN(c3cc(-c4ccccc4)[nH]n3)CC2)c(C)c1. The van der Waals surface area contributed by atoms with Gasteiger partial charge in [-0.05, 0) is 42.7 Å². The van der Waals surface area contributed by atoms with Gasteiger partial charge in [0.15, 0.2) is 5.82 Å². The second-order valence-electron chi connectivity index (χ2n) is 7.32. The number of nitrogens with one attached hydrogen (secondary N) is 1. The van der Waals surface area contributed by atoms with E-state index in [4.69, 9.17) is 4.74 Å². The number of nitrogens with zero attached hydrogens (tertiary/aromatic N) is 3. The molecule has 0 aliphatic carbocycles. The topological polar surface area (TPSA) is 61.5 Å². The zero-order chi connectivity index (χ0) is 20.2. The van der Waals surface area contributed by atoms with E-state index in [1.807, 2.05) is 48.2 Å². The number of hydrogen-bond acceptors (Lipinski definition) is 4. The summed E-state index contributed by atoms with van der Waals surface area (Å²) in [5.74, 6) is 1.78. The quantitative estimate of drug-likeness (QED) is 0.737. The minimum absolute atomic E-state index is 0.0824. The summed E-state index contributed by atoms with van der Waals surface area (Å²) in [5, 5.41) is 7.64. The van der Waals surface area contributed by atoms with E-state index in [0.29, 0.717) is 6.54 Å². The maximum atomic E-state index is 13.1. The fraction of sp³-hybridized carbons (Fsp3) is 0.304. The molecule has 29 heavy (non-hydrogen) atoms. The molecule has 0 spiro atoms. The van der Waals surface area contributed by atoms with Gasteiger partial charge in [-0.15, -0.1) is 0 Å². The average Bonchev–Trinajstić information content (AvgIpc) is 3.12. The number of amides is 1. The first-order valence-corrected chi connectivity index (χ1v) is 9.95. The van der Waals surface area contributed by atoms with E-state index in [0.717, 1.165) is 60.0 Å². The summed E-state index contributed by atoms with van der Waals surface area (Å²) in [6, 6.07) is 17.9. The van der Waals surface area contributed by atoms with Crippen LogP contribution in [-0.2, 0) is 0 Å². The Morgan fingerprint density at radius 2 is 1.86 bits per heavy atom. The highest BCUT2D eigenvalue weighted by Crippen LogP contribution is 2.23. The average molecular weight is 390 g/mol. The number of carbonyl (C=O) groups is 1. The van der Waals surface area contributed by atoms with Gasteiger partial charge in [-0.2, -0.15) is 5.10 Å². The number of carbonyl (C=O) groups excluding carboxylic acids is 1. The van der Waals surface area contributed by atoms with Crippen molar-refractivity contribution in [3.05, 3.63) is 65.7 Å². The summed E-state index contributed by atoms with van der Waals surface area (Å²) in [6.45, 7) is 5.02. The molecule has 0 radical (unpaired) electrons. The molecule has 1 aromatic heterocycles. The zero-order valence-corrected chi connectivity index (χ0v) is 16.9. The number of aromatic amines is 1. The summed E-state index contributed by atoms with van der Waals surface area (Å²) in [4.78, 5) is 17.2. The fourth-order valence-corrected chi connectivity index (χ4v) is 3.76. The first kappa shape index (κ1) is 19.1. The van der Waals surface area contributed by atoms with Gasteiger partial charge < -0.3 is 14.5 Å². The summed E-state index contributed by atoms with van der Waals surface area (Å²) < 4.78 is 5.25. The minimum Gasteiger partial charge on any atom is -0.497 e. The highest BCUT2D eigenvalue weighted by molar-refractivity contribution is 5.95. The maximum absolute atomic E-state index is 13.1. The van der Waals surface area contributed by atoms with Crippen molar-refractivity contribution in [1.29, 1.82) is 0 Å². The first-order chi connectivity index (χ1) is 14.2. The van der Waals surface area contributed by atoms with Gasteiger partial charge in [-0.3, -0.25) is 9.89 Å². The number of ether oxygens (including phenoxy) is 1. The van der Waals surface area contributed by atoms with Crippen LogP contribution in [0.2, 0.25) is 0 Å². The standard InChI is InChI=1S/C23H26N4O2/c1-17-15-19(29-2)9-10-20(17)23(28)27-12-6-11-26(13-14-27)22-16-21(24-25-22)18-7-4-3-5-8-18/h3-5,7-10,15-16H,6,11-14H2,1-2H3,(H,24,25). The maximum Gasteiger partial charge on any atom is 0.254 e. The molecule has 6 nitrogen and oxygen atoms in total. The van der Waals surface area contributed by atoms with Crippen molar-refractivity contribution < 1.29 is 9.53 Å². The van der Waals surface area contributed by atoms with Crippen LogP contribution in [0.1, 0.15) is 22.3 Å². The number of methoxy groups -OCH3 is 1. The van der Waals surface area contributed by atoms with Crippen LogP contribution < -0.4 is 9.64 Å². The minimum atomic E-state index is 0.0824. The molecule has 3 aromatic rings. The van der Waals surface area contributed by atoms with Crippen molar-refractivity contribution in [3.63, 3.8) is 0 Å². The van der Waals surface area contributed by atoms with E-state index in [2.05, 4.69) is 33.3 Å². The molecule has 2 aromatic carbocycles. The lowest BCUT2D eigenvalue weighted by atomic mass is 10.1. The predicted octanol–water partition coefficient (Wildman–Crippen LogP) is 3.75. The number of aryl methyl sites for hydroxylation is 1. The van der Waals surface area contributed by atoms with Crippen LogP contribution in [0.15, 0.2) is 54.6 Å². The van der Waals surface area contributed by atoms with Crippen molar-refractivity contribution in [2.75, 3.05) is 38.2 Å².